The maximum atomic E-state index is 12.7. The molecule has 0 radical (unpaired) electrons. The lowest BCUT2D eigenvalue weighted by atomic mass is 9.71. The van der Waals surface area contributed by atoms with Gasteiger partial charge in [0.1, 0.15) is 5.82 Å². The van der Waals surface area contributed by atoms with Gasteiger partial charge >= 0.3 is 0 Å². The number of hydrogen-bond donors (Lipinski definition) is 1. The lowest BCUT2D eigenvalue weighted by Crippen LogP contribution is -2.50. The summed E-state index contributed by atoms with van der Waals surface area (Å²) in [6.45, 7) is 3.88. The molecule has 5 nitrogen and oxygen atoms in total. The fraction of sp³-hybridized carbons (Fsp3) is 0.667. The molecule has 0 unspecified atom stereocenters. The average molecular weight is 468 g/mol. The first-order chi connectivity index (χ1) is 11.6. The van der Waals surface area contributed by atoms with Crippen LogP contribution in [-0.2, 0) is 4.79 Å². The van der Waals surface area contributed by atoms with E-state index in [1.165, 1.54) is 19.3 Å². The molecule has 1 saturated carbocycles. The van der Waals surface area contributed by atoms with Crippen molar-refractivity contribution in [2.24, 2.45) is 11.1 Å². The summed E-state index contributed by atoms with van der Waals surface area (Å²) < 4.78 is 0.986. The van der Waals surface area contributed by atoms with Gasteiger partial charge in [-0.05, 0) is 52.9 Å². The first-order valence-corrected chi connectivity index (χ1v) is 9.76. The molecule has 0 aromatic carbocycles. The Balaban J connectivity index is 0.00000169. The van der Waals surface area contributed by atoms with Crippen LogP contribution >= 0.6 is 40.7 Å². The molecular weight excluding hydrogens is 439 g/mol. The van der Waals surface area contributed by atoms with Crippen LogP contribution in [0.4, 0.5) is 5.82 Å². The number of rotatable bonds is 4. The van der Waals surface area contributed by atoms with E-state index in [9.17, 15) is 4.79 Å². The van der Waals surface area contributed by atoms with Crippen LogP contribution in [-0.4, -0.2) is 48.5 Å². The molecule has 1 aliphatic heterocycles. The number of piperazine rings is 1. The van der Waals surface area contributed by atoms with Gasteiger partial charge in [-0.15, -0.1) is 24.8 Å². The van der Waals surface area contributed by atoms with Crippen molar-refractivity contribution in [3.63, 3.8) is 0 Å². The number of aromatic nitrogens is 1. The zero-order valence-corrected chi connectivity index (χ0v) is 18.3. The Morgan fingerprint density at radius 2 is 1.77 bits per heavy atom. The second-order valence-corrected chi connectivity index (χ2v) is 8.06. The number of halogens is 3. The molecule has 2 fully saturated rings. The Hall–Kier alpha value is -0.560. The number of carbonyl (C=O) groups excluding carboxylic acids is 1. The summed E-state index contributed by atoms with van der Waals surface area (Å²) in [6.07, 6.45) is 8.38. The zero-order chi connectivity index (χ0) is 17.0. The van der Waals surface area contributed by atoms with Gasteiger partial charge in [0, 0.05) is 43.3 Å². The van der Waals surface area contributed by atoms with Crippen molar-refractivity contribution in [1.29, 1.82) is 0 Å². The molecule has 1 aromatic heterocycles. The maximum absolute atomic E-state index is 12.7. The van der Waals surface area contributed by atoms with Gasteiger partial charge in [-0.3, -0.25) is 4.79 Å². The van der Waals surface area contributed by atoms with Gasteiger partial charge < -0.3 is 15.5 Å². The molecule has 0 atom stereocenters. The summed E-state index contributed by atoms with van der Waals surface area (Å²) in [6, 6.07) is 4.03. The molecule has 3 rings (SSSR count). The van der Waals surface area contributed by atoms with Crippen LogP contribution in [0, 0.1) is 5.41 Å². The number of nitrogens with zero attached hydrogens (tertiary/aromatic N) is 3. The quantitative estimate of drug-likeness (QED) is 0.734. The molecule has 1 aliphatic carbocycles. The molecule has 2 aliphatic rings. The van der Waals surface area contributed by atoms with E-state index in [4.69, 9.17) is 5.73 Å². The van der Waals surface area contributed by atoms with Crippen LogP contribution in [0.2, 0.25) is 0 Å². The van der Waals surface area contributed by atoms with Gasteiger partial charge in [0.15, 0.2) is 0 Å². The Morgan fingerprint density at radius 3 is 2.31 bits per heavy atom. The highest BCUT2D eigenvalue weighted by molar-refractivity contribution is 9.10. The Labute approximate surface area is 177 Å². The van der Waals surface area contributed by atoms with E-state index in [-0.39, 0.29) is 36.1 Å². The lowest BCUT2D eigenvalue weighted by Gasteiger charge is -2.40. The third-order valence-electron chi connectivity index (χ3n) is 5.54. The van der Waals surface area contributed by atoms with Gasteiger partial charge in [0.05, 0.1) is 0 Å². The van der Waals surface area contributed by atoms with Crippen LogP contribution in [0.3, 0.4) is 0 Å². The summed E-state index contributed by atoms with van der Waals surface area (Å²) in [5.74, 6) is 1.27. The van der Waals surface area contributed by atoms with Crippen molar-refractivity contribution >= 4 is 52.5 Å². The number of carbonyl (C=O) groups is 1. The molecule has 8 heteroatoms. The van der Waals surface area contributed by atoms with Gasteiger partial charge in [-0.2, -0.15) is 0 Å². The molecule has 148 valence electrons. The fourth-order valence-corrected chi connectivity index (χ4v) is 4.16. The number of amides is 1. The van der Waals surface area contributed by atoms with Crippen LogP contribution < -0.4 is 10.6 Å². The SMILES string of the molecule is Cl.Cl.NCC1(CC(=O)N2CCN(c3ccc(Br)cn3)CC2)CCCCC1. The van der Waals surface area contributed by atoms with Crippen molar-refractivity contribution < 1.29 is 4.79 Å². The Kier molecular flexibility index (Phi) is 9.65. The van der Waals surface area contributed by atoms with Crippen molar-refractivity contribution in [3.8, 4) is 0 Å². The second-order valence-electron chi connectivity index (χ2n) is 7.14. The van der Waals surface area contributed by atoms with Crippen LogP contribution in [0.1, 0.15) is 38.5 Å². The molecule has 2 N–H and O–H groups in total. The van der Waals surface area contributed by atoms with E-state index in [1.807, 2.05) is 23.2 Å². The molecule has 0 bridgehead atoms. The Morgan fingerprint density at radius 1 is 1.12 bits per heavy atom. The summed E-state index contributed by atoms with van der Waals surface area (Å²) in [5, 5.41) is 0. The highest BCUT2D eigenvalue weighted by Gasteiger charge is 2.35. The predicted octanol–water partition coefficient (Wildman–Crippen LogP) is 3.64. The van der Waals surface area contributed by atoms with Crippen molar-refractivity contribution in [3.05, 3.63) is 22.8 Å². The second kappa shape index (κ2) is 10.7. The van der Waals surface area contributed by atoms with E-state index in [0.717, 1.165) is 49.3 Å². The highest BCUT2D eigenvalue weighted by Crippen LogP contribution is 2.38. The van der Waals surface area contributed by atoms with Crippen molar-refractivity contribution in [2.45, 2.75) is 38.5 Å². The molecule has 26 heavy (non-hydrogen) atoms. The van der Waals surface area contributed by atoms with Crippen LogP contribution in [0.15, 0.2) is 22.8 Å². The minimum absolute atomic E-state index is 0. The average Bonchev–Trinajstić information content (AvgIpc) is 2.63. The van der Waals surface area contributed by atoms with Gasteiger partial charge in [-0.25, -0.2) is 4.98 Å². The van der Waals surface area contributed by atoms with E-state index >= 15 is 0 Å². The maximum Gasteiger partial charge on any atom is 0.223 e. The van der Waals surface area contributed by atoms with E-state index < -0.39 is 0 Å². The minimum Gasteiger partial charge on any atom is -0.353 e. The molecule has 1 aromatic rings. The van der Waals surface area contributed by atoms with Gasteiger partial charge in [-0.1, -0.05) is 19.3 Å². The summed E-state index contributed by atoms with van der Waals surface area (Å²) in [7, 11) is 0. The van der Waals surface area contributed by atoms with E-state index in [0.29, 0.717) is 13.0 Å². The largest absolute Gasteiger partial charge is 0.353 e. The molecule has 1 amide bonds. The lowest BCUT2D eigenvalue weighted by molar-refractivity contribution is -0.134. The highest BCUT2D eigenvalue weighted by atomic mass is 79.9. The minimum atomic E-state index is 0. The smallest absolute Gasteiger partial charge is 0.223 e. The third kappa shape index (κ3) is 5.72. The summed E-state index contributed by atoms with van der Waals surface area (Å²) in [5.41, 5.74) is 6.09. The molecule has 1 saturated heterocycles. The van der Waals surface area contributed by atoms with Crippen LogP contribution in [0.25, 0.3) is 0 Å². The number of anilines is 1. The predicted molar refractivity (Wildman–Crippen MR) is 114 cm³/mol. The van der Waals surface area contributed by atoms with Crippen molar-refractivity contribution in [1.82, 2.24) is 9.88 Å². The molecule has 2 heterocycles. The normalized spacial score (nSPS) is 19.3. The standard InChI is InChI=1S/C18H27BrN4O.2ClH/c19-15-4-5-16(21-13-15)22-8-10-23(11-9-22)17(24)12-18(14-20)6-2-1-3-7-18;;/h4-5,13H,1-3,6-12,14,20H2;2*1H. The van der Waals surface area contributed by atoms with E-state index in [1.54, 1.807) is 0 Å². The Bertz CT molecular complexity index is 559. The number of pyridine rings is 1. The molecule has 0 spiro atoms. The topological polar surface area (TPSA) is 62.5 Å². The number of nitrogens with two attached hydrogens (primary N) is 1. The van der Waals surface area contributed by atoms with Gasteiger partial charge in [0.2, 0.25) is 5.91 Å². The summed E-state index contributed by atoms with van der Waals surface area (Å²) in [4.78, 5) is 21.5. The van der Waals surface area contributed by atoms with Crippen LogP contribution in [0.5, 0.6) is 0 Å². The molecular formula is C18H29BrCl2N4O. The zero-order valence-electron chi connectivity index (χ0n) is 15.0. The fourth-order valence-electron chi connectivity index (χ4n) is 3.93. The number of hydrogen-bond acceptors (Lipinski definition) is 4. The van der Waals surface area contributed by atoms with Crippen molar-refractivity contribution in [2.75, 3.05) is 37.6 Å². The third-order valence-corrected chi connectivity index (χ3v) is 6.01. The first-order valence-electron chi connectivity index (χ1n) is 8.96. The summed E-state index contributed by atoms with van der Waals surface area (Å²) >= 11 is 3.41. The van der Waals surface area contributed by atoms with Gasteiger partial charge in [0.25, 0.3) is 0 Å². The first kappa shape index (κ1) is 23.5. The van der Waals surface area contributed by atoms with E-state index in [2.05, 4.69) is 25.8 Å². The monoisotopic (exact) mass is 466 g/mol.